The Morgan fingerprint density at radius 1 is 1.40 bits per heavy atom. The maximum absolute atomic E-state index is 13.0. The van der Waals surface area contributed by atoms with Crippen molar-refractivity contribution in [3.05, 3.63) is 47.0 Å². The van der Waals surface area contributed by atoms with Crippen LogP contribution in [0.4, 0.5) is 4.39 Å². The second kappa shape index (κ2) is 5.32. The third-order valence-corrected chi connectivity index (χ3v) is 2.32. The number of rotatable bonds is 3. The van der Waals surface area contributed by atoms with E-state index in [-0.39, 0.29) is 23.0 Å². The molecule has 0 fully saturated rings. The number of aryl methyl sites for hydroxylation is 1. The van der Waals surface area contributed by atoms with Crippen LogP contribution in [0.15, 0.2) is 24.3 Å². The van der Waals surface area contributed by atoms with Crippen molar-refractivity contribution in [1.82, 2.24) is 9.97 Å². The first-order chi connectivity index (χ1) is 9.49. The Morgan fingerprint density at radius 3 is 2.80 bits per heavy atom. The average Bonchev–Trinajstić information content (AvgIpc) is 2.40. The summed E-state index contributed by atoms with van der Waals surface area (Å²) in [6, 6.07) is 6.17. The minimum Gasteiger partial charge on any atom is -0.478 e. The maximum Gasteiger partial charge on any atom is 0.339 e. The van der Waals surface area contributed by atoms with Gasteiger partial charge in [0, 0.05) is 5.69 Å². The standard InChI is InChI=1S/C13H8FN3O3/c1-7-4-9(6-15)17-13(16-7)20-11-3-2-8(14)5-10(11)12(18)19/h2-5H,1H3,(H,18,19). The fourth-order valence-corrected chi connectivity index (χ4v) is 1.50. The largest absolute Gasteiger partial charge is 0.478 e. The summed E-state index contributed by atoms with van der Waals surface area (Å²) in [7, 11) is 0. The van der Waals surface area contributed by atoms with E-state index in [0.29, 0.717) is 5.69 Å². The van der Waals surface area contributed by atoms with Gasteiger partial charge in [-0.2, -0.15) is 10.2 Å². The van der Waals surface area contributed by atoms with E-state index in [1.807, 2.05) is 6.07 Å². The van der Waals surface area contributed by atoms with Gasteiger partial charge in [-0.1, -0.05) is 0 Å². The van der Waals surface area contributed by atoms with Gasteiger partial charge in [0.15, 0.2) is 0 Å². The van der Waals surface area contributed by atoms with Crippen LogP contribution in [-0.4, -0.2) is 21.0 Å². The first-order valence-corrected chi connectivity index (χ1v) is 5.46. The molecule has 0 spiro atoms. The van der Waals surface area contributed by atoms with Crippen LogP contribution < -0.4 is 4.74 Å². The Hall–Kier alpha value is -3.01. The Bertz CT molecular complexity index is 725. The van der Waals surface area contributed by atoms with Crippen LogP contribution in [0.5, 0.6) is 11.8 Å². The number of carboxylic acids is 1. The van der Waals surface area contributed by atoms with Crippen molar-refractivity contribution < 1.29 is 19.0 Å². The highest BCUT2D eigenvalue weighted by atomic mass is 19.1. The molecule has 0 atom stereocenters. The molecule has 1 N–H and O–H groups in total. The zero-order chi connectivity index (χ0) is 14.7. The number of nitrogens with zero attached hydrogens (tertiary/aromatic N) is 3. The van der Waals surface area contributed by atoms with Crippen molar-refractivity contribution in [2.75, 3.05) is 0 Å². The Kier molecular flexibility index (Phi) is 3.57. The number of carboxylic acid groups (broad SMARTS) is 1. The lowest BCUT2D eigenvalue weighted by atomic mass is 10.2. The van der Waals surface area contributed by atoms with Crippen LogP contribution in [0, 0.1) is 24.1 Å². The Morgan fingerprint density at radius 2 is 2.15 bits per heavy atom. The van der Waals surface area contributed by atoms with Gasteiger partial charge in [0.05, 0.1) is 0 Å². The van der Waals surface area contributed by atoms with Gasteiger partial charge in [0.25, 0.3) is 0 Å². The molecule has 1 aromatic carbocycles. The van der Waals surface area contributed by atoms with E-state index in [4.69, 9.17) is 15.1 Å². The van der Waals surface area contributed by atoms with E-state index in [0.717, 1.165) is 18.2 Å². The summed E-state index contributed by atoms with van der Waals surface area (Å²) in [6.07, 6.45) is 0. The number of ether oxygens (including phenoxy) is 1. The fourth-order valence-electron chi connectivity index (χ4n) is 1.50. The van der Waals surface area contributed by atoms with Crippen molar-refractivity contribution in [2.45, 2.75) is 6.92 Å². The van der Waals surface area contributed by atoms with Crippen LogP contribution in [0.25, 0.3) is 0 Å². The van der Waals surface area contributed by atoms with Gasteiger partial charge in [0.2, 0.25) is 0 Å². The maximum atomic E-state index is 13.0. The number of aromatic carboxylic acids is 1. The van der Waals surface area contributed by atoms with Gasteiger partial charge in [-0.25, -0.2) is 14.2 Å². The van der Waals surface area contributed by atoms with Gasteiger partial charge in [-0.3, -0.25) is 0 Å². The first kappa shape index (κ1) is 13.4. The summed E-state index contributed by atoms with van der Waals surface area (Å²) >= 11 is 0. The van der Waals surface area contributed by atoms with E-state index in [2.05, 4.69) is 9.97 Å². The lowest BCUT2D eigenvalue weighted by molar-refractivity contribution is 0.0693. The average molecular weight is 273 g/mol. The van der Waals surface area contributed by atoms with E-state index in [9.17, 15) is 9.18 Å². The number of hydrogen-bond donors (Lipinski definition) is 1. The molecule has 1 heterocycles. The molecule has 0 saturated carbocycles. The van der Waals surface area contributed by atoms with Crippen molar-refractivity contribution in [1.29, 1.82) is 5.26 Å². The van der Waals surface area contributed by atoms with Crippen molar-refractivity contribution in [3.63, 3.8) is 0 Å². The summed E-state index contributed by atoms with van der Waals surface area (Å²) in [5, 5.41) is 17.8. The Labute approximate surface area is 113 Å². The first-order valence-electron chi connectivity index (χ1n) is 5.46. The van der Waals surface area contributed by atoms with Gasteiger partial charge in [-0.05, 0) is 31.2 Å². The molecule has 100 valence electrons. The van der Waals surface area contributed by atoms with Crippen molar-refractivity contribution in [3.8, 4) is 17.8 Å². The number of aromatic nitrogens is 2. The number of benzene rings is 1. The zero-order valence-corrected chi connectivity index (χ0v) is 10.3. The second-order valence-corrected chi connectivity index (χ2v) is 3.84. The molecule has 1 aromatic heterocycles. The number of nitriles is 1. The summed E-state index contributed by atoms with van der Waals surface area (Å²) in [5.74, 6) is -2.14. The molecule has 7 heteroatoms. The normalized spacial score (nSPS) is 9.85. The van der Waals surface area contributed by atoms with E-state index < -0.39 is 11.8 Å². The topological polar surface area (TPSA) is 96.1 Å². The monoisotopic (exact) mass is 273 g/mol. The molecule has 0 bridgehead atoms. The van der Waals surface area contributed by atoms with E-state index in [1.54, 1.807) is 6.92 Å². The summed E-state index contributed by atoms with van der Waals surface area (Å²) < 4.78 is 18.3. The molecule has 0 saturated heterocycles. The second-order valence-electron chi connectivity index (χ2n) is 3.84. The minimum absolute atomic E-state index is 0.0893. The molecule has 20 heavy (non-hydrogen) atoms. The van der Waals surface area contributed by atoms with Crippen molar-refractivity contribution in [2.24, 2.45) is 0 Å². The molecule has 0 unspecified atom stereocenters. The molecule has 0 amide bonds. The number of halogens is 1. The fraction of sp³-hybridized carbons (Fsp3) is 0.0769. The third kappa shape index (κ3) is 2.87. The summed E-state index contributed by atoms with van der Waals surface area (Å²) in [5.41, 5.74) is 0.227. The lowest BCUT2D eigenvalue weighted by Gasteiger charge is -2.07. The predicted octanol–water partition coefficient (Wildman–Crippen LogP) is 2.29. The quantitative estimate of drug-likeness (QED) is 0.921. The van der Waals surface area contributed by atoms with Gasteiger partial charge >= 0.3 is 12.0 Å². The number of hydrogen-bond acceptors (Lipinski definition) is 5. The molecule has 0 aliphatic rings. The van der Waals surface area contributed by atoms with Crippen LogP contribution in [0.2, 0.25) is 0 Å². The van der Waals surface area contributed by atoms with Crippen LogP contribution in [-0.2, 0) is 0 Å². The lowest BCUT2D eigenvalue weighted by Crippen LogP contribution is -2.03. The van der Waals surface area contributed by atoms with Gasteiger partial charge < -0.3 is 9.84 Å². The SMILES string of the molecule is Cc1cc(C#N)nc(Oc2ccc(F)cc2C(=O)O)n1. The molecule has 2 aromatic rings. The Balaban J connectivity index is 2.42. The third-order valence-electron chi connectivity index (χ3n) is 2.32. The minimum atomic E-state index is -1.34. The molecule has 0 radical (unpaired) electrons. The van der Waals surface area contributed by atoms with E-state index >= 15 is 0 Å². The molecule has 0 aliphatic carbocycles. The highest BCUT2D eigenvalue weighted by Gasteiger charge is 2.15. The molecule has 6 nitrogen and oxygen atoms in total. The van der Waals surface area contributed by atoms with Crippen LogP contribution in [0.3, 0.4) is 0 Å². The van der Waals surface area contributed by atoms with Crippen LogP contribution in [0.1, 0.15) is 21.7 Å². The molecule has 2 rings (SSSR count). The van der Waals surface area contributed by atoms with E-state index in [1.165, 1.54) is 6.07 Å². The molecule has 0 aliphatic heterocycles. The highest BCUT2D eigenvalue weighted by Crippen LogP contribution is 2.24. The summed E-state index contributed by atoms with van der Waals surface area (Å²) in [6.45, 7) is 1.64. The molecular formula is C13H8FN3O3. The van der Waals surface area contributed by atoms with Crippen LogP contribution >= 0.6 is 0 Å². The van der Waals surface area contributed by atoms with Gasteiger partial charge in [0.1, 0.15) is 28.9 Å². The summed E-state index contributed by atoms with van der Waals surface area (Å²) in [4.78, 5) is 18.7. The zero-order valence-electron chi connectivity index (χ0n) is 10.3. The number of carbonyl (C=O) groups is 1. The smallest absolute Gasteiger partial charge is 0.339 e. The van der Waals surface area contributed by atoms with Crippen molar-refractivity contribution >= 4 is 5.97 Å². The molecular weight excluding hydrogens is 265 g/mol. The predicted molar refractivity (Wildman–Crippen MR) is 64.9 cm³/mol. The van der Waals surface area contributed by atoms with Gasteiger partial charge in [-0.15, -0.1) is 0 Å². The highest BCUT2D eigenvalue weighted by molar-refractivity contribution is 5.90.